The molecule has 1 fully saturated rings. The first-order chi connectivity index (χ1) is 14.4. The molecule has 6 atom stereocenters. The van der Waals surface area contributed by atoms with Gasteiger partial charge in [0.25, 0.3) is 0 Å². The predicted octanol–water partition coefficient (Wildman–Crippen LogP) is 3.17. The number of hydrogen-bond acceptors (Lipinski definition) is 6. The van der Waals surface area contributed by atoms with Crippen molar-refractivity contribution in [1.29, 1.82) is 0 Å². The summed E-state index contributed by atoms with van der Waals surface area (Å²) in [6.45, 7) is 3.83. The molecular weight excluding hydrogens is 388 g/mol. The molecule has 1 aliphatic heterocycles. The summed E-state index contributed by atoms with van der Waals surface area (Å²) in [5.41, 5.74) is 0. The molecule has 1 aromatic carbocycles. The van der Waals surface area contributed by atoms with Crippen molar-refractivity contribution in [1.82, 2.24) is 0 Å². The third-order valence-electron chi connectivity index (χ3n) is 5.74. The molecule has 0 aromatic heterocycles. The summed E-state index contributed by atoms with van der Waals surface area (Å²) in [6.07, 6.45) is 6.09. The van der Waals surface area contributed by atoms with Crippen LogP contribution < -0.4 is 14.2 Å². The molecule has 7 heteroatoms. The van der Waals surface area contributed by atoms with Crippen LogP contribution in [0, 0.1) is 11.8 Å². The van der Waals surface area contributed by atoms with Gasteiger partial charge in [-0.1, -0.05) is 51.3 Å². The van der Waals surface area contributed by atoms with Crippen LogP contribution in [0.25, 0.3) is 0 Å². The Kier molecular flexibility index (Phi) is 7.61. The van der Waals surface area contributed by atoms with Crippen molar-refractivity contribution < 1.29 is 34.3 Å². The Hall–Kier alpha value is -2.25. The van der Waals surface area contributed by atoms with Gasteiger partial charge in [-0.2, -0.15) is 0 Å². The molecule has 0 radical (unpaired) electrons. The number of rotatable bonds is 10. The summed E-state index contributed by atoms with van der Waals surface area (Å²) >= 11 is 0. The van der Waals surface area contributed by atoms with Crippen LogP contribution in [0.2, 0.25) is 0 Å². The number of ether oxygens (including phenoxy) is 3. The van der Waals surface area contributed by atoms with E-state index in [0.717, 1.165) is 19.3 Å². The van der Waals surface area contributed by atoms with Gasteiger partial charge < -0.3 is 29.5 Å². The van der Waals surface area contributed by atoms with Crippen molar-refractivity contribution in [3.63, 3.8) is 0 Å². The number of carbonyl (C=O) groups is 1. The number of hydrogen-bond donors (Lipinski definition) is 3. The van der Waals surface area contributed by atoms with Gasteiger partial charge in [-0.05, 0) is 24.5 Å². The maximum absolute atomic E-state index is 10.8. The quantitative estimate of drug-likeness (QED) is 0.499. The molecule has 0 saturated heterocycles. The molecule has 166 valence electrons. The Labute approximate surface area is 177 Å². The minimum absolute atomic E-state index is 0.299. The summed E-state index contributed by atoms with van der Waals surface area (Å²) in [4.78, 5) is 10.8. The highest BCUT2D eigenvalue weighted by Gasteiger charge is 2.47. The fraction of sp³-hybridized carbons (Fsp3) is 0.609. The minimum atomic E-state index is -1.08. The van der Waals surface area contributed by atoms with Gasteiger partial charge in [-0.15, -0.1) is 0 Å². The highest BCUT2D eigenvalue weighted by Crippen LogP contribution is 2.46. The van der Waals surface area contributed by atoms with Gasteiger partial charge in [0, 0.05) is 12.3 Å². The van der Waals surface area contributed by atoms with Crippen LogP contribution in [-0.4, -0.2) is 52.3 Å². The number of fused-ring (bicyclic) bond motifs is 2. The van der Waals surface area contributed by atoms with E-state index in [1.807, 2.05) is 6.08 Å². The molecule has 3 N–H and O–H groups in total. The summed E-state index contributed by atoms with van der Waals surface area (Å²) in [6, 6.07) is 5.07. The van der Waals surface area contributed by atoms with Crippen LogP contribution in [0.5, 0.6) is 17.2 Å². The van der Waals surface area contributed by atoms with E-state index in [-0.39, 0.29) is 18.1 Å². The topological polar surface area (TPSA) is 105 Å². The SMILES string of the molecule is CCCCC(C)CC(O)/C=C/C1C(O)CC2Oc3c(OCC(=O)O)cccc3OC21. The van der Waals surface area contributed by atoms with Crippen molar-refractivity contribution in [2.24, 2.45) is 11.8 Å². The average molecular weight is 421 g/mol. The van der Waals surface area contributed by atoms with Gasteiger partial charge in [-0.25, -0.2) is 4.79 Å². The number of aliphatic hydroxyl groups is 2. The first-order valence-electron chi connectivity index (χ1n) is 10.7. The number of para-hydroxylation sites is 1. The second kappa shape index (κ2) is 10.2. The number of aliphatic hydroxyl groups excluding tert-OH is 2. The van der Waals surface area contributed by atoms with Gasteiger partial charge >= 0.3 is 5.97 Å². The van der Waals surface area contributed by atoms with E-state index < -0.39 is 24.8 Å². The van der Waals surface area contributed by atoms with Gasteiger partial charge in [0.2, 0.25) is 5.75 Å². The van der Waals surface area contributed by atoms with E-state index in [4.69, 9.17) is 19.3 Å². The van der Waals surface area contributed by atoms with Gasteiger partial charge in [-0.3, -0.25) is 0 Å². The fourth-order valence-electron chi connectivity index (χ4n) is 4.18. The molecule has 0 amide bonds. The summed E-state index contributed by atoms with van der Waals surface area (Å²) in [7, 11) is 0. The Morgan fingerprint density at radius 1 is 1.37 bits per heavy atom. The Balaban J connectivity index is 1.66. The van der Waals surface area contributed by atoms with Crippen LogP contribution >= 0.6 is 0 Å². The molecule has 1 heterocycles. The lowest BCUT2D eigenvalue weighted by Crippen LogP contribution is -2.39. The standard InChI is InChI=1S/C23H32O7/c1-3-4-6-14(2)11-15(24)9-10-16-17(25)12-20-22(16)29-19-8-5-7-18(23(19)30-20)28-13-21(26)27/h5,7-10,14-17,20,22,24-25H,3-4,6,11-13H2,1-2H3,(H,26,27)/b10-9+. The first-order valence-corrected chi connectivity index (χ1v) is 10.7. The van der Waals surface area contributed by atoms with Crippen LogP contribution in [0.4, 0.5) is 0 Å². The molecule has 0 spiro atoms. The van der Waals surface area contributed by atoms with E-state index in [1.165, 1.54) is 0 Å². The van der Waals surface area contributed by atoms with Crippen molar-refractivity contribution in [3.8, 4) is 17.2 Å². The molecule has 2 aliphatic rings. The predicted molar refractivity (Wildman–Crippen MR) is 111 cm³/mol. The highest BCUT2D eigenvalue weighted by atomic mass is 16.6. The zero-order chi connectivity index (χ0) is 21.7. The van der Waals surface area contributed by atoms with E-state index in [2.05, 4.69) is 13.8 Å². The highest BCUT2D eigenvalue weighted by molar-refractivity contribution is 5.68. The lowest BCUT2D eigenvalue weighted by Gasteiger charge is -2.32. The number of carboxylic acid groups (broad SMARTS) is 1. The first kappa shape index (κ1) is 22.4. The molecule has 7 nitrogen and oxygen atoms in total. The van der Waals surface area contributed by atoms with Crippen molar-refractivity contribution in [2.75, 3.05) is 6.61 Å². The summed E-state index contributed by atoms with van der Waals surface area (Å²) in [5, 5.41) is 29.7. The third kappa shape index (κ3) is 5.46. The lowest BCUT2D eigenvalue weighted by molar-refractivity contribution is -0.139. The zero-order valence-corrected chi connectivity index (χ0v) is 17.6. The Morgan fingerprint density at radius 2 is 2.17 bits per heavy atom. The molecule has 0 bridgehead atoms. The lowest BCUT2D eigenvalue weighted by atomic mass is 9.95. The number of unbranched alkanes of at least 4 members (excludes halogenated alkanes) is 1. The van der Waals surface area contributed by atoms with E-state index in [9.17, 15) is 15.0 Å². The number of carboxylic acids is 1. The van der Waals surface area contributed by atoms with Gasteiger partial charge in [0.05, 0.1) is 12.2 Å². The molecule has 3 rings (SSSR count). The second-order valence-electron chi connectivity index (χ2n) is 8.32. The van der Waals surface area contributed by atoms with Gasteiger partial charge in [0.1, 0.15) is 12.2 Å². The third-order valence-corrected chi connectivity index (χ3v) is 5.74. The molecule has 1 saturated carbocycles. The molecule has 1 aliphatic carbocycles. The normalized spacial score (nSPS) is 26.9. The van der Waals surface area contributed by atoms with Crippen LogP contribution in [0.1, 0.15) is 46.0 Å². The minimum Gasteiger partial charge on any atom is -0.482 e. The van der Waals surface area contributed by atoms with Crippen LogP contribution in [0.15, 0.2) is 30.4 Å². The second-order valence-corrected chi connectivity index (χ2v) is 8.32. The number of aliphatic carboxylic acids is 1. The Bertz CT molecular complexity index is 747. The van der Waals surface area contributed by atoms with E-state index >= 15 is 0 Å². The maximum atomic E-state index is 10.8. The molecule has 1 aromatic rings. The van der Waals surface area contributed by atoms with Crippen molar-refractivity contribution in [2.45, 2.75) is 70.4 Å². The Morgan fingerprint density at radius 3 is 2.90 bits per heavy atom. The molecule has 30 heavy (non-hydrogen) atoms. The molecule has 6 unspecified atom stereocenters. The fourth-order valence-corrected chi connectivity index (χ4v) is 4.18. The van der Waals surface area contributed by atoms with E-state index in [1.54, 1.807) is 24.3 Å². The summed E-state index contributed by atoms with van der Waals surface area (Å²) in [5.74, 6) is 0.190. The maximum Gasteiger partial charge on any atom is 0.341 e. The van der Waals surface area contributed by atoms with Crippen molar-refractivity contribution >= 4 is 5.97 Å². The number of benzene rings is 1. The summed E-state index contributed by atoms with van der Waals surface area (Å²) < 4.78 is 17.4. The average Bonchev–Trinajstić information content (AvgIpc) is 3.01. The van der Waals surface area contributed by atoms with Crippen LogP contribution in [-0.2, 0) is 4.79 Å². The van der Waals surface area contributed by atoms with Crippen LogP contribution in [0.3, 0.4) is 0 Å². The monoisotopic (exact) mass is 420 g/mol. The largest absolute Gasteiger partial charge is 0.482 e. The zero-order valence-electron chi connectivity index (χ0n) is 17.6. The van der Waals surface area contributed by atoms with Crippen molar-refractivity contribution in [3.05, 3.63) is 30.4 Å². The smallest absolute Gasteiger partial charge is 0.341 e. The van der Waals surface area contributed by atoms with Gasteiger partial charge in [0.15, 0.2) is 18.1 Å². The molecular formula is C23H32O7. The van der Waals surface area contributed by atoms with E-state index in [0.29, 0.717) is 36.0 Å².